The molecule has 2 fully saturated rings. The number of piperazine rings is 1. The highest BCUT2D eigenvalue weighted by molar-refractivity contribution is 5.68. The number of nitrogens with zero attached hydrogens (tertiary/aromatic N) is 6. The molecule has 2 aliphatic rings. The van der Waals surface area contributed by atoms with E-state index in [-0.39, 0.29) is 6.09 Å². The molecule has 0 aliphatic carbocycles. The Labute approximate surface area is 124 Å². The highest BCUT2D eigenvalue weighted by Gasteiger charge is 2.39. The van der Waals surface area contributed by atoms with E-state index < -0.39 is 5.60 Å². The van der Waals surface area contributed by atoms with Gasteiger partial charge in [0.1, 0.15) is 11.9 Å². The van der Waals surface area contributed by atoms with E-state index in [1.165, 1.54) is 0 Å². The van der Waals surface area contributed by atoms with E-state index in [2.05, 4.69) is 20.4 Å². The molecule has 0 N–H and O–H groups in total. The molecule has 0 aromatic carbocycles. The van der Waals surface area contributed by atoms with Crippen molar-refractivity contribution in [1.29, 1.82) is 0 Å². The lowest BCUT2D eigenvalue weighted by Crippen LogP contribution is -2.53. The summed E-state index contributed by atoms with van der Waals surface area (Å²) >= 11 is 0. The molecule has 2 atom stereocenters. The number of carbonyl (C=O) groups excluding carboxylic acids is 1. The molecule has 0 radical (unpaired) electrons. The van der Waals surface area contributed by atoms with Gasteiger partial charge in [-0.15, -0.1) is 5.10 Å². The van der Waals surface area contributed by atoms with E-state index in [0.29, 0.717) is 25.2 Å². The van der Waals surface area contributed by atoms with E-state index in [9.17, 15) is 4.79 Å². The number of rotatable bonds is 1. The van der Waals surface area contributed by atoms with Crippen LogP contribution in [0.4, 0.5) is 4.79 Å². The molecular weight excluding hydrogens is 272 g/mol. The average Bonchev–Trinajstić information content (AvgIpc) is 3.04. The summed E-state index contributed by atoms with van der Waals surface area (Å²) in [5.41, 5.74) is -0.446. The lowest BCUT2D eigenvalue weighted by molar-refractivity contribution is 0.00924. The maximum atomic E-state index is 12.2. The van der Waals surface area contributed by atoms with Crippen LogP contribution in [0.5, 0.6) is 0 Å². The first-order chi connectivity index (χ1) is 9.92. The predicted octanol–water partition coefficient (Wildman–Crippen LogP) is 0.539. The summed E-state index contributed by atoms with van der Waals surface area (Å²) in [7, 11) is 0. The second-order valence-electron chi connectivity index (χ2n) is 6.75. The van der Waals surface area contributed by atoms with Crippen molar-refractivity contribution in [3.8, 4) is 0 Å². The monoisotopic (exact) mass is 294 g/mol. The zero-order valence-electron chi connectivity index (χ0n) is 12.8. The Bertz CT molecular complexity index is 497. The molecule has 0 unspecified atom stereocenters. The largest absolute Gasteiger partial charge is 0.444 e. The number of hydrogen-bond acceptors (Lipinski definition) is 6. The summed E-state index contributed by atoms with van der Waals surface area (Å²) in [4.78, 5) is 16.4. The summed E-state index contributed by atoms with van der Waals surface area (Å²) in [6.07, 6.45) is 2.41. The minimum absolute atomic E-state index is 0.215. The summed E-state index contributed by atoms with van der Waals surface area (Å²) in [5.74, 6) is 0. The second kappa shape index (κ2) is 5.25. The van der Waals surface area contributed by atoms with Gasteiger partial charge >= 0.3 is 6.09 Å². The van der Waals surface area contributed by atoms with Crippen LogP contribution < -0.4 is 0 Å². The second-order valence-corrected chi connectivity index (χ2v) is 6.75. The molecule has 2 aliphatic heterocycles. The van der Waals surface area contributed by atoms with Crippen LogP contribution in [0.2, 0.25) is 0 Å². The Morgan fingerprint density at radius 3 is 2.71 bits per heavy atom. The topological polar surface area (TPSA) is 76.4 Å². The van der Waals surface area contributed by atoms with Gasteiger partial charge in [0.05, 0.1) is 6.04 Å². The molecular formula is C13H22N6O2. The third-order valence-corrected chi connectivity index (χ3v) is 3.98. The normalized spacial score (nSPS) is 26.7. The van der Waals surface area contributed by atoms with Crippen molar-refractivity contribution in [3.05, 3.63) is 6.33 Å². The molecule has 2 saturated heterocycles. The fourth-order valence-corrected chi connectivity index (χ4v) is 3.04. The summed E-state index contributed by atoms with van der Waals surface area (Å²) < 4.78 is 7.27. The van der Waals surface area contributed by atoms with Crippen LogP contribution in [0.1, 0.15) is 33.2 Å². The van der Waals surface area contributed by atoms with Crippen molar-refractivity contribution in [2.45, 2.75) is 44.9 Å². The van der Waals surface area contributed by atoms with E-state index >= 15 is 0 Å². The number of hydrogen-bond donors (Lipinski definition) is 0. The highest BCUT2D eigenvalue weighted by atomic mass is 16.6. The van der Waals surface area contributed by atoms with Crippen molar-refractivity contribution >= 4 is 6.09 Å². The van der Waals surface area contributed by atoms with Crippen LogP contribution in [0.15, 0.2) is 6.33 Å². The van der Waals surface area contributed by atoms with Gasteiger partial charge in [0, 0.05) is 32.2 Å². The number of tetrazole rings is 1. The highest BCUT2D eigenvalue weighted by Crippen LogP contribution is 2.29. The number of amides is 1. The number of carbonyl (C=O) groups is 1. The molecule has 1 aromatic heterocycles. The van der Waals surface area contributed by atoms with Crippen LogP contribution in [-0.2, 0) is 4.74 Å². The minimum atomic E-state index is -0.446. The molecule has 8 nitrogen and oxygen atoms in total. The maximum absolute atomic E-state index is 12.2. The summed E-state index contributed by atoms with van der Waals surface area (Å²) in [6.45, 7) is 8.93. The van der Waals surface area contributed by atoms with Gasteiger partial charge in [0.2, 0.25) is 0 Å². The molecule has 0 saturated carbocycles. The lowest BCUT2D eigenvalue weighted by atomic mass is 10.1. The van der Waals surface area contributed by atoms with Gasteiger partial charge in [-0.05, 0) is 37.6 Å². The number of fused-ring (bicyclic) bond motifs is 1. The van der Waals surface area contributed by atoms with Crippen LogP contribution >= 0.6 is 0 Å². The fraction of sp³-hybridized carbons (Fsp3) is 0.846. The van der Waals surface area contributed by atoms with Crippen LogP contribution in [0, 0.1) is 0 Å². The van der Waals surface area contributed by atoms with Gasteiger partial charge in [0.15, 0.2) is 0 Å². The Balaban J connectivity index is 1.60. The van der Waals surface area contributed by atoms with Gasteiger partial charge in [-0.2, -0.15) is 0 Å². The number of aromatic nitrogens is 4. The molecule has 3 heterocycles. The number of ether oxygens (including phenoxy) is 1. The smallest absolute Gasteiger partial charge is 0.410 e. The lowest BCUT2D eigenvalue weighted by Gasteiger charge is -2.37. The van der Waals surface area contributed by atoms with Crippen molar-refractivity contribution in [2.24, 2.45) is 0 Å². The molecule has 0 bridgehead atoms. The SMILES string of the molecule is CC(C)(C)OC(=O)N1CCN2C[C@H](n3cnnn3)C[C@H]2C1. The van der Waals surface area contributed by atoms with Gasteiger partial charge in [0.25, 0.3) is 0 Å². The van der Waals surface area contributed by atoms with E-state index in [0.717, 1.165) is 19.5 Å². The van der Waals surface area contributed by atoms with E-state index in [1.807, 2.05) is 30.4 Å². The van der Waals surface area contributed by atoms with Crippen molar-refractivity contribution in [2.75, 3.05) is 26.2 Å². The van der Waals surface area contributed by atoms with Gasteiger partial charge < -0.3 is 9.64 Å². The van der Waals surface area contributed by atoms with Crippen LogP contribution in [0.3, 0.4) is 0 Å². The molecule has 21 heavy (non-hydrogen) atoms. The Morgan fingerprint density at radius 1 is 1.24 bits per heavy atom. The van der Waals surface area contributed by atoms with Crippen molar-refractivity contribution < 1.29 is 9.53 Å². The zero-order chi connectivity index (χ0) is 15.0. The van der Waals surface area contributed by atoms with Gasteiger partial charge in [-0.25, -0.2) is 9.48 Å². The van der Waals surface area contributed by atoms with Crippen molar-refractivity contribution in [1.82, 2.24) is 30.0 Å². The van der Waals surface area contributed by atoms with Crippen LogP contribution in [0.25, 0.3) is 0 Å². The minimum Gasteiger partial charge on any atom is -0.444 e. The molecule has 116 valence electrons. The summed E-state index contributed by atoms with van der Waals surface area (Å²) in [5, 5.41) is 11.4. The van der Waals surface area contributed by atoms with Gasteiger partial charge in [-0.1, -0.05) is 0 Å². The quantitative estimate of drug-likeness (QED) is 0.752. The van der Waals surface area contributed by atoms with E-state index in [4.69, 9.17) is 4.74 Å². The first-order valence-electron chi connectivity index (χ1n) is 7.37. The standard InChI is InChI=1S/C13H22N6O2/c1-13(2,3)21-12(20)18-5-4-17-8-11(6-10(17)7-18)19-9-14-15-16-19/h9-11H,4-8H2,1-3H3/t10-,11+/m0/s1. The Kier molecular flexibility index (Phi) is 3.56. The summed E-state index contributed by atoms with van der Waals surface area (Å²) in [6, 6.07) is 0.657. The Hall–Kier alpha value is -1.70. The van der Waals surface area contributed by atoms with Crippen molar-refractivity contribution in [3.63, 3.8) is 0 Å². The first-order valence-corrected chi connectivity index (χ1v) is 7.37. The molecule has 1 amide bonds. The average molecular weight is 294 g/mol. The molecule has 3 rings (SSSR count). The Morgan fingerprint density at radius 2 is 2.05 bits per heavy atom. The van der Waals surface area contributed by atoms with Crippen LogP contribution in [-0.4, -0.2) is 73.9 Å². The third kappa shape index (κ3) is 3.15. The zero-order valence-corrected chi connectivity index (χ0v) is 12.8. The predicted molar refractivity (Wildman–Crippen MR) is 74.6 cm³/mol. The maximum Gasteiger partial charge on any atom is 0.410 e. The molecule has 8 heteroatoms. The van der Waals surface area contributed by atoms with E-state index in [1.54, 1.807) is 6.33 Å². The fourth-order valence-electron chi connectivity index (χ4n) is 3.04. The molecule has 0 spiro atoms. The first kappa shape index (κ1) is 14.2. The third-order valence-electron chi connectivity index (χ3n) is 3.98. The molecule has 1 aromatic rings. The van der Waals surface area contributed by atoms with Gasteiger partial charge in [-0.3, -0.25) is 4.90 Å².